The second kappa shape index (κ2) is 6.07. The van der Waals surface area contributed by atoms with E-state index >= 15 is 0 Å². The maximum atomic E-state index is 13.0. The Morgan fingerprint density at radius 3 is 2.85 bits per heavy atom. The van der Waals surface area contributed by atoms with Gasteiger partial charge in [0, 0.05) is 6.54 Å². The third-order valence-electron chi connectivity index (χ3n) is 3.38. The fraction of sp³-hybridized carbons (Fsp3) is 0.750. The lowest BCUT2D eigenvalue weighted by atomic mass is 10.0. The summed E-state index contributed by atoms with van der Waals surface area (Å²) in [6.45, 7) is 2.07. The van der Waals surface area contributed by atoms with Gasteiger partial charge in [0.1, 0.15) is 10.9 Å². The molecular weight excluding hydrogens is 291 g/mol. The first-order chi connectivity index (χ1) is 9.45. The first-order valence-corrected chi connectivity index (χ1v) is 7.41. The Morgan fingerprint density at radius 1 is 1.45 bits per heavy atom. The third kappa shape index (κ3) is 3.11. The van der Waals surface area contributed by atoms with Crippen molar-refractivity contribution in [2.24, 2.45) is 0 Å². The lowest BCUT2D eigenvalue weighted by Crippen LogP contribution is -2.51. The van der Waals surface area contributed by atoms with Crippen molar-refractivity contribution >= 4 is 17.4 Å². The molecule has 1 aromatic rings. The molecule has 0 radical (unpaired) electrons. The van der Waals surface area contributed by atoms with Crippen LogP contribution in [0.25, 0.3) is 0 Å². The second-order valence-electron chi connectivity index (χ2n) is 4.85. The number of piperidine rings is 1. The average Bonchev–Trinajstić information content (AvgIpc) is 2.85. The van der Waals surface area contributed by atoms with Gasteiger partial charge in [0.2, 0.25) is 0 Å². The molecule has 1 aromatic heterocycles. The van der Waals surface area contributed by atoms with E-state index in [4.69, 9.17) is 0 Å². The fourth-order valence-electron chi connectivity index (χ4n) is 2.42. The monoisotopic (exact) mass is 307 g/mol. The smallest absolute Gasteiger partial charge is 0.326 e. The summed E-state index contributed by atoms with van der Waals surface area (Å²) >= 11 is 0.884. The maximum Gasteiger partial charge on any atom is 0.408 e. The number of aromatic nitrogens is 2. The van der Waals surface area contributed by atoms with E-state index in [-0.39, 0.29) is 17.8 Å². The fourth-order valence-corrected chi connectivity index (χ4v) is 3.08. The molecule has 2 heterocycles. The SMILES string of the molecule is CCCc1nnsc1C(=O)N1CCCCC1C(F)(F)F. The summed E-state index contributed by atoms with van der Waals surface area (Å²) in [6.07, 6.45) is -1.97. The number of likely N-dealkylation sites (tertiary alicyclic amines) is 1. The van der Waals surface area contributed by atoms with Crippen LogP contribution >= 0.6 is 11.5 Å². The summed E-state index contributed by atoms with van der Waals surface area (Å²) in [7, 11) is 0. The Kier molecular flexibility index (Phi) is 4.62. The van der Waals surface area contributed by atoms with Gasteiger partial charge in [0.25, 0.3) is 5.91 Å². The Morgan fingerprint density at radius 2 is 2.20 bits per heavy atom. The van der Waals surface area contributed by atoms with Crippen molar-refractivity contribution in [3.05, 3.63) is 10.6 Å². The van der Waals surface area contributed by atoms with Crippen molar-refractivity contribution in [2.45, 2.75) is 51.2 Å². The van der Waals surface area contributed by atoms with Crippen LogP contribution < -0.4 is 0 Å². The Labute approximate surface area is 119 Å². The van der Waals surface area contributed by atoms with Crippen LogP contribution in [0.3, 0.4) is 0 Å². The highest BCUT2D eigenvalue weighted by molar-refractivity contribution is 7.08. The lowest BCUT2D eigenvalue weighted by molar-refractivity contribution is -0.183. The van der Waals surface area contributed by atoms with Crippen LogP contribution in [0, 0.1) is 0 Å². The van der Waals surface area contributed by atoms with E-state index in [2.05, 4.69) is 9.59 Å². The molecule has 20 heavy (non-hydrogen) atoms. The molecule has 0 aliphatic carbocycles. The molecule has 0 aromatic carbocycles. The normalized spacial score (nSPS) is 20.2. The van der Waals surface area contributed by atoms with Crippen LogP contribution in [0.5, 0.6) is 0 Å². The molecule has 0 spiro atoms. The van der Waals surface area contributed by atoms with Gasteiger partial charge in [0.15, 0.2) is 0 Å². The molecule has 1 saturated heterocycles. The standard InChI is InChI=1S/C12H16F3N3OS/c1-2-5-8-10(20-17-16-8)11(19)18-7-4-3-6-9(18)12(13,14)15/h9H,2-7H2,1H3. The Bertz CT molecular complexity index is 475. The van der Waals surface area contributed by atoms with Gasteiger partial charge < -0.3 is 4.90 Å². The summed E-state index contributed by atoms with van der Waals surface area (Å²) < 4.78 is 42.8. The molecule has 8 heteroatoms. The van der Waals surface area contributed by atoms with Gasteiger partial charge in [-0.3, -0.25) is 4.79 Å². The minimum atomic E-state index is -4.38. The number of carbonyl (C=O) groups excluding carboxylic acids is 1. The number of alkyl halides is 3. The van der Waals surface area contributed by atoms with Crippen LogP contribution in [0.15, 0.2) is 0 Å². The van der Waals surface area contributed by atoms with Crippen LogP contribution in [-0.2, 0) is 6.42 Å². The number of halogens is 3. The Balaban J connectivity index is 2.23. The highest BCUT2D eigenvalue weighted by Gasteiger charge is 2.46. The number of nitrogens with zero attached hydrogens (tertiary/aromatic N) is 3. The summed E-state index contributed by atoms with van der Waals surface area (Å²) in [5.74, 6) is -0.578. The first kappa shape index (κ1) is 15.2. The maximum absolute atomic E-state index is 13.0. The highest BCUT2D eigenvalue weighted by atomic mass is 32.1. The van der Waals surface area contributed by atoms with Crippen molar-refractivity contribution in [1.82, 2.24) is 14.5 Å². The topological polar surface area (TPSA) is 46.1 Å². The van der Waals surface area contributed by atoms with Crippen LogP contribution in [0.4, 0.5) is 13.2 Å². The minimum Gasteiger partial charge on any atom is -0.326 e. The number of hydrogen-bond acceptors (Lipinski definition) is 4. The van der Waals surface area contributed by atoms with E-state index in [1.165, 1.54) is 0 Å². The number of rotatable bonds is 3. The van der Waals surface area contributed by atoms with Gasteiger partial charge in [-0.05, 0) is 37.2 Å². The van der Waals surface area contributed by atoms with Crippen molar-refractivity contribution in [3.8, 4) is 0 Å². The van der Waals surface area contributed by atoms with Gasteiger partial charge >= 0.3 is 6.18 Å². The highest BCUT2D eigenvalue weighted by Crippen LogP contribution is 2.33. The van der Waals surface area contributed by atoms with Crippen molar-refractivity contribution in [3.63, 3.8) is 0 Å². The van der Waals surface area contributed by atoms with Gasteiger partial charge in [-0.2, -0.15) is 13.2 Å². The second-order valence-corrected chi connectivity index (χ2v) is 5.60. The van der Waals surface area contributed by atoms with Gasteiger partial charge in [-0.15, -0.1) is 5.10 Å². The minimum absolute atomic E-state index is 0.0232. The predicted molar refractivity (Wildman–Crippen MR) is 68.6 cm³/mol. The molecule has 112 valence electrons. The largest absolute Gasteiger partial charge is 0.408 e. The summed E-state index contributed by atoms with van der Waals surface area (Å²) in [5.41, 5.74) is 0.508. The number of amides is 1. The van der Waals surface area contributed by atoms with E-state index in [1.807, 2.05) is 6.92 Å². The Hall–Kier alpha value is -1.18. The number of carbonyl (C=O) groups is 1. The molecule has 0 N–H and O–H groups in total. The number of hydrogen-bond donors (Lipinski definition) is 0. The van der Waals surface area contributed by atoms with E-state index in [1.54, 1.807) is 0 Å². The van der Waals surface area contributed by atoms with Crippen LogP contribution in [-0.4, -0.2) is 39.2 Å². The zero-order valence-electron chi connectivity index (χ0n) is 11.1. The van der Waals surface area contributed by atoms with Crippen molar-refractivity contribution in [2.75, 3.05) is 6.54 Å². The van der Waals surface area contributed by atoms with Crippen molar-refractivity contribution in [1.29, 1.82) is 0 Å². The third-order valence-corrected chi connectivity index (χ3v) is 4.13. The zero-order valence-corrected chi connectivity index (χ0v) is 11.9. The molecule has 4 nitrogen and oxygen atoms in total. The molecular formula is C12H16F3N3OS. The molecule has 1 atom stereocenters. The quantitative estimate of drug-likeness (QED) is 0.862. The van der Waals surface area contributed by atoms with E-state index < -0.39 is 18.1 Å². The van der Waals surface area contributed by atoms with E-state index in [0.29, 0.717) is 25.0 Å². The van der Waals surface area contributed by atoms with E-state index in [9.17, 15) is 18.0 Å². The molecule has 2 rings (SSSR count). The van der Waals surface area contributed by atoms with Crippen LogP contribution in [0.1, 0.15) is 48.0 Å². The summed E-state index contributed by atoms with van der Waals surface area (Å²) in [5, 5.41) is 3.85. The molecule has 1 amide bonds. The first-order valence-electron chi connectivity index (χ1n) is 6.64. The molecule has 0 saturated carbocycles. The molecule has 1 aliphatic heterocycles. The number of aryl methyl sites for hydroxylation is 1. The van der Waals surface area contributed by atoms with Crippen molar-refractivity contribution < 1.29 is 18.0 Å². The lowest BCUT2D eigenvalue weighted by Gasteiger charge is -2.36. The van der Waals surface area contributed by atoms with Gasteiger partial charge in [-0.25, -0.2) is 0 Å². The molecule has 0 bridgehead atoms. The zero-order chi connectivity index (χ0) is 14.8. The molecule has 1 unspecified atom stereocenters. The molecule has 1 aliphatic rings. The average molecular weight is 307 g/mol. The van der Waals surface area contributed by atoms with Gasteiger partial charge in [-0.1, -0.05) is 17.8 Å². The summed E-state index contributed by atoms with van der Waals surface area (Å²) in [6, 6.07) is -1.68. The van der Waals surface area contributed by atoms with Crippen LogP contribution in [0.2, 0.25) is 0 Å². The molecule has 1 fully saturated rings. The predicted octanol–water partition coefficient (Wildman–Crippen LogP) is 3.05. The van der Waals surface area contributed by atoms with Gasteiger partial charge in [0.05, 0.1) is 5.69 Å². The summed E-state index contributed by atoms with van der Waals surface area (Å²) in [4.78, 5) is 13.6. The van der Waals surface area contributed by atoms with E-state index in [0.717, 1.165) is 22.9 Å².